The zero-order valence-corrected chi connectivity index (χ0v) is 32.0. The Kier molecular flexibility index (Phi) is 11.0. The average Bonchev–Trinajstić information content (AvgIpc) is 3.15. The number of aromatic nitrogens is 3. The number of hydrogen-bond acceptors (Lipinski definition) is 3. The second-order valence-corrected chi connectivity index (χ2v) is 15.2. The van der Waals surface area contributed by atoms with Gasteiger partial charge in [0.2, 0.25) is 0 Å². The molecule has 0 N–H and O–H groups in total. The van der Waals surface area contributed by atoms with Crippen molar-refractivity contribution >= 4 is 0 Å². The van der Waals surface area contributed by atoms with Crippen LogP contribution in [0.5, 0.6) is 0 Å². The third-order valence-electron chi connectivity index (χ3n) is 11.3. The maximum absolute atomic E-state index is 4.77. The van der Waals surface area contributed by atoms with Gasteiger partial charge in [-0.3, -0.25) is 4.98 Å². The Hall–Kier alpha value is -3.46. The van der Waals surface area contributed by atoms with Gasteiger partial charge in [-0.05, 0) is 89.5 Å². The maximum atomic E-state index is 4.77. The zero-order chi connectivity index (χ0) is 33.1. The predicted octanol–water partition coefficient (Wildman–Crippen LogP) is 11.6. The van der Waals surface area contributed by atoms with Crippen LogP contribution < -0.4 is 0 Å². The summed E-state index contributed by atoms with van der Waals surface area (Å²) in [4.78, 5) is 14.0. The first-order chi connectivity index (χ1) is 23.3. The molecule has 0 aliphatic heterocycles. The summed E-state index contributed by atoms with van der Waals surface area (Å²) in [6.07, 6.45) is 19.4. The standard InChI is InChI=1S/C23H28N.C22H21N2.Ir/c1-3-8-18(9-4-1)20-12-7-13-22(16-20)23-17-21(14-15-24-23)19-10-5-2-6-11-19;1-21(2)16-9-5-6-10-17(16)22(3,4)20-19(21)15(12-14-24-20)18-11-7-8-13-23-18;/h7,12,14-19H,1-6,8-11H2;5-11,13-14H,1-4H3;/q2*-1;. The van der Waals surface area contributed by atoms with Crippen LogP contribution in [0.2, 0.25) is 0 Å². The number of rotatable bonds is 4. The number of benzene rings is 2. The van der Waals surface area contributed by atoms with Crippen molar-refractivity contribution in [3.05, 3.63) is 137 Å². The third kappa shape index (κ3) is 7.24. The first kappa shape index (κ1) is 35.4. The molecule has 1 radical (unpaired) electrons. The summed E-state index contributed by atoms with van der Waals surface area (Å²) in [5.41, 5.74) is 12.1. The molecule has 0 saturated heterocycles. The van der Waals surface area contributed by atoms with E-state index in [2.05, 4.69) is 110 Å². The number of nitrogens with zero attached hydrogens (tertiary/aromatic N) is 3. The Morgan fingerprint density at radius 3 is 1.86 bits per heavy atom. The molecule has 0 atom stereocenters. The van der Waals surface area contributed by atoms with Crippen molar-refractivity contribution in [1.29, 1.82) is 0 Å². The summed E-state index contributed by atoms with van der Waals surface area (Å²) in [5, 5.41) is 0. The van der Waals surface area contributed by atoms with Crippen LogP contribution in [-0.2, 0) is 30.9 Å². The predicted molar refractivity (Wildman–Crippen MR) is 197 cm³/mol. The van der Waals surface area contributed by atoms with Crippen molar-refractivity contribution in [2.45, 2.75) is 115 Å². The summed E-state index contributed by atoms with van der Waals surface area (Å²) in [6.45, 7) is 9.08. The smallest absolute Gasteiger partial charge is 0.0208 e. The molecule has 3 aliphatic rings. The minimum Gasteiger partial charge on any atom is -0.321 e. The van der Waals surface area contributed by atoms with Crippen LogP contribution in [0.15, 0.2) is 91.4 Å². The monoisotopic (exact) mass is 824 g/mol. The first-order valence-electron chi connectivity index (χ1n) is 18.2. The largest absolute Gasteiger partial charge is 0.321 e. The van der Waals surface area contributed by atoms with Gasteiger partial charge in [0, 0.05) is 37.9 Å². The molecule has 255 valence electrons. The van der Waals surface area contributed by atoms with E-state index in [4.69, 9.17) is 4.98 Å². The van der Waals surface area contributed by atoms with Crippen molar-refractivity contribution in [2.24, 2.45) is 0 Å². The third-order valence-corrected chi connectivity index (χ3v) is 11.3. The van der Waals surface area contributed by atoms with E-state index < -0.39 is 0 Å². The van der Waals surface area contributed by atoms with Gasteiger partial charge in [0.15, 0.2) is 0 Å². The number of pyridine rings is 3. The Balaban J connectivity index is 0.000000167. The molecule has 0 amide bonds. The van der Waals surface area contributed by atoms with Gasteiger partial charge >= 0.3 is 0 Å². The van der Waals surface area contributed by atoms with E-state index in [1.165, 1.54) is 97.6 Å². The summed E-state index contributed by atoms with van der Waals surface area (Å²) in [5.74, 6) is 1.48. The number of fused-ring (bicyclic) bond motifs is 2. The molecular weight excluding hydrogens is 775 g/mol. The molecule has 3 aromatic heterocycles. The fourth-order valence-electron chi connectivity index (χ4n) is 8.65. The van der Waals surface area contributed by atoms with E-state index in [-0.39, 0.29) is 30.9 Å². The van der Waals surface area contributed by atoms with Crippen molar-refractivity contribution < 1.29 is 20.1 Å². The summed E-state index contributed by atoms with van der Waals surface area (Å²) in [7, 11) is 0. The van der Waals surface area contributed by atoms with E-state index in [9.17, 15) is 0 Å². The number of hydrogen-bond donors (Lipinski definition) is 0. The molecule has 8 rings (SSSR count). The molecule has 3 aliphatic carbocycles. The Labute approximate surface area is 307 Å². The van der Waals surface area contributed by atoms with Crippen LogP contribution in [-0.4, -0.2) is 15.0 Å². The van der Waals surface area contributed by atoms with E-state index >= 15 is 0 Å². The minimum atomic E-state index is -0.140. The van der Waals surface area contributed by atoms with Gasteiger partial charge < -0.3 is 9.97 Å². The van der Waals surface area contributed by atoms with E-state index in [0.29, 0.717) is 0 Å². The van der Waals surface area contributed by atoms with Crippen LogP contribution in [0.25, 0.3) is 22.5 Å². The molecule has 3 nitrogen and oxygen atoms in total. The van der Waals surface area contributed by atoms with E-state index in [0.717, 1.165) is 34.5 Å². The second-order valence-electron chi connectivity index (χ2n) is 15.2. The topological polar surface area (TPSA) is 38.7 Å². The summed E-state index contributed by atoms with van der Waals surface area (Å²) in [6, 6.07) is 32.8. The van der Waals surface area contributed by atoms with Gasteiger partial charge in [-0.25, -0.2) is 0 Å². The molecule has 5 aromatic rings. The molecule has 2 fully saturated rings. The fourth-order valence-corrected chi connectivity index (χ4v) is 8.65. The van der Waals surface area contributed by atoms with Crippen molar-refractivity contribution in [3.63, 3.8) is 0 Å². The molecule has 49 heavy (non-hydrogen) atoms. The van der Waals surface area contributed by atoms with Crippen LogP contribution in [0.3, 0.4) is 0 Å². The molecule has 0 unspecified atom stereocenters. The van der Waals surface area contributed by atoms with E-state index in [1.807, 2.05) is 24.5 Å². The van der Waals surface area contributed by atoms with Crippen LogP contribution in [0.4, 0.5) is 0 Å². The molecular formula is C45H49IrN3-2. The van der Waals surface area contributed by atoms with Gasteiger partial charge in [0.25, 0.3) is 0 Å². The molecule has 3 heterocycles. The van der Waals surface area contributed by atoms with Gasteiger partial charge in [0.1, 0.15) is 0 Å². The van der Waals surface area contributed by atoms with Crippen molar-refractivity contribution in [3.8, 4) is 22.5 Å². The SMILES string of the molecule is CC1(C)c2ccccc2C(C)(C)c2c(-c3ccccn3)[c-]cnc21.[Ir].[c-]1ccc(C2CCCCC2)cc1-c1cc(C2CCCCC2)ccn1. The Morgan fingerprint density at radius 1 is 0.592 bits per heavy atom. The van der Waals surface area contributed by atoms with Gasteiger partial charge in [-0.2, -0.15) is 11.6 Å². The van der Waals surface area contributed by atoms with Gasteiger partial charge in [0.05, 0.1) is 0 Å². The molecule has 2 saturated carbocycles. The molecule has 0 bridgehead atoms. The second kappa shape index (κ2) is 15.2. The molecule has 2 aromatic carbocycles. The van der Waals surface area contributed by atoms with Gasteiger partial charge in [-0.1, -0.05) is 114 Å². The fraction of sp³-hybridized carbons (Fsp3) is 0.400. The van der Waals surface area contributed by atoms with Crippen molar-refractivity contribution in [1.82, 2.24) is 15.0 Å². The normalized spacial score (nSPS) is 18.2. The van der Waals surface area contributed by atoms with Crippen LogP contribution in [0, 0.1) is 12.1 Å². The average molecular weight is 824 g/mol. The van der Waals surface area contributed by atoms with Crippen LogP contribution >= 0.6 is 0 Å². The first-order valence-corrected chi connectivity index (χ1v) is 18.2. The minimum absolute atomic E-state index is 0. The van der Waals surface area contributed by atoms with Gasteiger partial charge in [-0.15, -0.1) is 41.0 Å². The molecule has 0 spiro atoms. The zero-order valence-electron chi connectivity index (χ0n) is 29.6. The quantitative estimate of drug-likeness (QED) is 0.170. The Bertz CT molecular complexity index is 1790. The maximum Gasteiger partial charge on any atom is 0.0208 e. The van der Waals surface area contributed by atoms with Crippen LogP contribution in [0.1, 0.15) is 137 Å². The van der Waals surface area contributed by atoms with E-state index in [1.54, 1.807) is 6.20 Å². The summed E-state index contributed by atoms with van der Waals surface area (Å²) < 4.78 is 0. The summed E-state index contributed by atoms with van der Waals surface area (Å²) >= 11 is 0. The Morgan fingerprint density at radius 2 is 1.20 bits per heavy atom. The van der Waals surface area contributed by atoms with Crippen molar-refractivity contribution in [2.75, 3.05) is 0 Å². The molecule has 4 heteroatoms.